The lowest BCUT2D eigenvalue weighted by Crippen LogP contribution is -2.57. The Bertz CT molecular complexity index is 627. The topological polar surface area (TPSA) is 58.6 Å². The third kappa shape index (κ3) is 2.29. The van der Waals surface area contributed by atoms with Crippen LogP contribution in [0.3, 0.4) is 0 Å². The maximum absolute atomic E-state index is 11.9. The van der Waals surface area contributed by atoms with Gasteiger partial charge in [0.05, 0.1) is 18.3 Å². The largest absolute Gasteiger partial charge is 0.389 e. The molecule has 138 valence electrons. The van der Waals surface area contributed by atoms with Gasteiger partial charge in [-0.1, -0.05) is 13.8 Å². The number of fused-ring (bicyclic) bond motifs is 5. The van der Waals surface area contributed by atoms with Crippen molar-refractivity contribution >= 4 is 5.91 Å². The second-order valence-electron chi connectivity index (χ2n) is 9.77. The SMILES string of the molecule is C[C@]12CC[C@H]3[C@@H]([C@@H](O)C=C4NC(=O)CC[C@@]43C)[C@@H]1CC[C@@H]2OC1CC1. The highest BCUT2D eigenvalue weighted by Gasteiger charge is 2.61. The summed E-state index contributed by atoms with van der Waals surface area (Å²) in [5, 5.41) is 14.1. The molecule has 5 rings (SSSR count). The first-order valence-corrected chi connectivity index (χ1v) is 10.3. The van der Waals surface area contributed by atoms with Crippen LogP contribution in [-0.2, 0) is 9.53 Å². The van der Waals surface area contributed by atoms with Gasteiger partial charge in [-0.2, -0.15) is 0 Å². The highest BCUT2D eigenvalue weighted by atomic mass is 16.5. The van der Waals surface area contributed by atoms with Crippen LogP contribution in [0.25, 0.3) is 0 Å². The van der Waals surface area contributed by atoms with Crippen LogP contribution in [0.4, 0.5) is 0 Å². The highest BCUT2D eigenvalue weighted by molar-refractivity contribution is 5.79. The van der Waals surface area contributed by atoms with E-state index in [2.05, 4.69) is 19.2 Å². The quantitative estimate of drug-likeness (QED) is 0.808. The minimum absolute atomic E-state index is 0.0224. The van der Waals surface area contributed by atoms with Crippen LogP contribution in [-0.4, -0.2) is 29.3 Å². The van der Waals surface area contributed by atoms with Gasteiger partial charge in [-0.3, -0.25) is 4.79 Å². The van der Waals surface area contributed by atoms with Crippen LogP contribution >= 0.6 is 0 Å². The van der Waals surface area contributed by atoms with Crippen LogP contribution < -0.4 is 5.32 Å². The number of ether oxygens (including phenoxy) is 1. The minimum atomic E-state index is -0.434. The second kappa shape index (κ2) is 5.32. The fourth-order valence-electron chi connectivity index (χ4n) is 6.79. The van der Waals surface area contributed by atoms with Gasteiger partial charge in [0.15, 0.2) is 0 Å². The molecule has 0 radical (unpaired) electrons. The van der Waals surface area contributed by atoms with Gasteiger partial charge in [0.1, 0.15) is 0 Å². The fraction of sp³-hybridized carbons (Fsp3) is 0.857. The molecule has 1 aliphatic heterocycles. The van der Waals surface area contributed by atoms with Crippen molar-refractivity contribution in [3.8, 4) is 0 Å². The fourth-order valence-corrected chi connectivity index (χ4v) is 6.79. The number of rotatable bonds is 2. The molecule has 4 heteroatoms. The molecule has 4 fully saturated rings. The molecule has 0 spiro atoms. The molecule has 0 unspecified atom stereocenters. The zero-order valence-corrected chi connectivity index (χ0v) is 15.5. The average Bonchev–Trinajstić information content (AvgIpc) is 3.32. The number of piperidine rings is 1. The van der Waals surface area contributed by atoms with Crippen molar-refractivity contribution in [1.82, 2.24) is 5.32 Å². The van der Waals surface area contributed by atoms with Crippen LogP contribution in [0.1, 0.15) is 65.2 Å². The number of carbonyl (C=O) groups excluding carboxylic acids is 1. The van der Waals surface area contributed by atoms with Gasteiger partial charge in [0, 0.05) is 17.5 Å². The first kappa shape index (κ1) is 16.3. The lowest BCUT2D eigenvalue weighted by molar-refractivity contribution is -0.132. The van der Waals surface area contributed by atoms with E-state index < -0.39 is 6.10 Å². The van der Waals surface area contributed by atoms with Crippen molar-refractivity contribution in [2.24, 2.45) is 28.6 Å². The average molecular weight is 345 g/mol. The van der Waals surface area contributed by atoms with E-state index in [1.165, 1.54) is 25.7 Å². The Morgan fingerprint density at radius 2 is 1.92 bits per heavy atom. The Labute approximate surface area is 150 Å². The summed E-state index contributed by atoms with van der Waals surface area (Å²) < 4.78 is 6.40. The zero-order chi connectivity index (χ0) is 17.4. The molecule has 5 aliphatic rings. The molecule has 1 amide bonds. The zero-order valence-electron chi connectivity index (χ0n) is 15.5. The standard InChI is InChI=1S/C21H31NO3/c1-20-10-8-18(24)22-16(20)11-15(23)19-13-5-6-17(25-12-3-4-12)21(13,2)9-7-14(19)20/h11-15,17,19,23H,3-10H2,1-2H3,(H,22,24)/t13-,14-,15-,17-,19-,20+,21-/m0/s1. The molecule has 3 saturated carbocycles. The van der Waals surface area contributed by atoms with Gasteiger partial charge < -0.3 is 15.2 Å². The number of aliphatic hydroxyl groups is 1. The number of amides is 1. The van der Waals surface area contributed by atoms with E-state index in [0.29, 0.717) is 36.4 Å². The van der Waals surface area contributed by atoms with Crippen molar-refractivity contribution in [3.63, 3.8) is 0 Å². The van der Waals surface area contributed by atoms with E-state index >= 15 is 0 Å². The Morgan fingerprint density at radius 1 is 1.12 bits per heavy atom. The normalized spacial score (nSPS) is 51.9. The maximum atomic E-state index is 11.9. The van der Waals surface area contributed by atoms with E-state index in [4.69, 9.17) is 4.74 Å². The van der Waals surface area contributed by atoms with E-state index in [1.54, 1.807) is 0 Å². The Kier molecular flexibility index (Phi) is 3.47. The lowest BCUT2D eigenvalue weighted by atomic mass is 9.49. The molecule has 25 heavy (non-hydrogen) atoms. The molecule has 4 aliphatic carbocycles. The van der Waals surface area contributed by atoms with Crippen LogP contribution in [0.15, 0.2) is 11.8 Å². The van der Waals surface area contributed by atoms with Crippen molar-refractivity contribution in [1.29, 1.82) is 0 Å². The molecular formula is C21H31NO3. The molecule has 2 N–H and O–H groups in total. The monoisotopic (exact) mass is 345 g/mol. The molecule has 0 aromatic carbocycles. The Balaban J connectivity index is 1.47. The van der Waals surface area contributed by atoms with Gasteiger partial charge in [0.2, 0.25) is 5.91 Å². The molecule has 0 bridgehead atoms. The highest BCUT2D eigenvalue weighted by Crippen LogP contribution is 2.64. The van der Waals surface area contributed by atoms with Crippen LogP contribution in [0.2, 0.25) is 0 Å². The molecule has 0 aromatic heterocycles. The van der Waals surface area contributed by atoms with Gasteiger partial charge in [-0.05, 0) is 74.2 Å². The van der Waals surface area contributed by atoms with Crippen molar-refractivity contribution < 1.29 is 14.6 Å². The van der Waals surface area contributed by atoms with Gasteiger partial charge in [0.25, 0.3) is 0 Å². The summed E-state index contributed by atoms with van der Waals surface area (Å²) in [6.07, 6.45) is 11.1. The molecule has 1 saturated heterocycles. The number of aliphatic hydroxyl groups excluding tert-OH is 1. The third-order valence-electron chi connectivity index (χ3n) is 8.44. The van der Waals surface area contributed by atoms with Crippen molar-refractivity contribution in [3.05, 3.63) is 11.8 Å². The van der Waals surface area contributed by atoms with Crippen LogP contribution in [0, 0.1) is 28.6 Å². The molecule has 4 nitrogen and oxygen atoms in total. The minimum Gasteiger partial charge on any atom is -0.389 e. The first-order chi connectivity index (χ1) is 11.9. The summed E-state index contributed by atoms with van der Waals surface area (Å²) >= 11 is 0. The van der Waals surface area contributed by atoms with Gasteiger partial charge >= 0.3 is 0 Å². The van der Waals surface area contributed by atoms with Crippen molar-refractivity contribution in [2.75, 3.05) is 0 Å². The van der Waals surface area contributed by atoms with E-state index in [-0.39, 0.29) is 16.7 Å². The van der Waals surface area contributed by atoms with E-state index in [0.717, 1.165) is 25.0 Å². The number of carbonyl (C=O) groups is 1. The lowest BCUT2D eigenvalue weighted by Gasteiger charge is -2.58. The summed E-state index contributed by atoms with van der Waals surface area (Å²) in [5.41, 5.74) is 1.23. The predicted octanol–water partition coefficient (Wildman–Crippen LogP) is 3.15. The van der Waals surface area contributed by atoms with Crippen molar-refractivity contribution in [2.45, 2.75) is 83.5 Å². The summed E-state index contributed by atoms with van der Waals surface area (Å²) in [5.74, 6) is 1.43. The van der Waals surface area contributed by atoms with Gasteiger partial charge in [-0.25, -0.2) is 0 Å². The maximum Gasteiger partial charge on any atom is 0.224 e. The molecule has 7 atom stereocenters. The van der Waals surface area contributed by atoms with E-state index in [1.807, 2.05) is 6.08 Å². The summed E-state index contributed by atoms with van der Waals surface area (Å²) in [6.45, 7) is 4.74. The Morgan fingerprint density at radius 3 is 2.68 bits per heavy atom. The molecule has 1 heterocycles. The molecular weight excluding hydrogens is 314 g/mol. The number of nitrogens with one attached hydrogen (secondary N) is 1. The third-order valence-corrected chi connectivity index (χ3v) is 8.44. The van der Waals surface area contributed by atoms with E-state index in [9.17, 15) is 9.90 Å². The summed E-state index contributed by atoms with van der Waals surface area (Å²) in [6, 6.07) is 0. The summed E-state index contributed by atoms with van der Waals surface area (Å²) in [7, 11) is 0. The number of hydrogen-bond acceptors (Lipinski definition) is 3. The molecule has 0 aromatic rings. The summed E-state index contributed by atoms with van der Waals surface area (Å²) in [4.78, 5) is 11.9. The number of hydrogen-bond donors (Lipinski definition) is 2. The van der Waals surface area contributed by atoms with Crippen LogP contribution in [0.5, 0.6) is 0 Å². The number of allylic oxidation sites excluding steroid dienone is 1. The van der Waals surface area contributed by atoms with Gasteiger partial charge in [-0.15, -0.1) is 0 Å². The Hall–Kier alpha value is -0.870. The second-order valence-corrected chi connectivity index (χ2v) is 9.77. The predicted molar refractivity (Wildman–Crippen MR) is 94.5 cm³/mol. The smallest absolute Gasteiger partial charge is 0.224 e. The first-order valence-electron chi connectivity index (χ1n) is 10.3.